The van der Waals surface area contributed by atoms with E-state index < -0.39 is 0 Å². The van der Waals surface area contributed by atoms with Gasteiger partial charge in [0.05, 0.1) is 21.3 Å². The number of nitrogens with zero attached hydrogens (tertiary/aromatic N) is 2. The van der Waals surface area contributed by atoms with Gasteiger partial charge in [0.15, 0.2) is 0 Å². The molecule has 1 aliphatic rings. The van der Waals surface area contributed by atoms with Gasteiger partial charge in [-0.2, -0.15) is 0 Å². The summed E-state index contributed by atoms with van der Waals surface area (Å²) < 4.78 is 5.64. The third-order valence-corrected chi connectivity index (χ3v) is 5.05. The maximum absolute atomic E-state index is 6.16. The van der Waals surface area contributed by atoms with Crippen LogP contribution in [0.4, 0.5) is 11.4 Å². The Hall–Kier alpha value is -2.02. The molecule has 2 aromatic heterocycles. The summed E-state index contributed by atoms with van der Waals surface area (Å²) in [6.45, 7) is 4.26. The Kier molecular flexibility index (Phi) is 3.52. The van der Waals surface area contributed by atoms with Crippen LogP contribution in [-0.4, -0.2) is 11.0 Å². The number of rotatable bonds is 3. The van der Waals surface area contributed by atoms with Crippen LogP contribution in [0.3, 0.4) is 0 Å². The molecule has 0 saturated heterocycles. The van der Waals surface area contributed by atoms with E-state index in [1.54, 1.807) is 17.6 Å². The van der Waals surface area contributed by atoms with Crippen molar-refractivity contribution in [3.05, 3.63) is 40.9 Å². The van der Waals surface area contributed by atoms with Crippen molar-refractivity contribution in [3.8, 4) is 22.0 Å². The second-order valence-corrected chi connectivity index (χ2v) is 6.89. The summed E-state index contributed by atoms with van der Waals surface area (Å²) in [5.41, 5.74) is 10.1. The Morgan fingerprint density at radius 1 is 1.30 bits per heavy atom. The molecule has 0 atom stereocenters. The third-order valence-electron chi connectivity index (χ3n) is 3.68. The quantitative estimate of drug-likeness (QED) is 0.714. The van der Waals surface area contributed by atoms with Gasteiger partial charge in [0.25, 0.3) is 0 Å². The van der Waals surface area contributed by atoms with E-state index in [0.717, 1.165) is 27.5 Å². The lowest BCUT2D eigenvalue weighted by Crippen LogP contribution is -2.41. The first-order valence-electron chi connectivity index (χ1n) is 7.27. The molecule has 5 nitrogen and oxygen atoms in total. The molecule has 0 amide bonds. The Balaban J connectivity index is 1.68. The molecule has 2 N–H and O–H groups in total. The summed E-state index contributed by atoms with van der Waals surface area (Å²) in [4.78, 5) is 5.49. The molecule has 0 radical (unpaired) electrons. The maximum atomic E-state index is 6.16. The second kappa shape index (κ2) is 5.56. The van der Waals surface area contributed by atoms with E-state index >= 15 is 0 Å². The highest BCUT2D eigenvalue weighted by atomic mass is 35.5. The van der Waals surface area contributed by atoms with E-state index in [9.17, 15) is 0 Å². The van der Waals surface area contributed by atoms with E-state index in [1.807, 2.05) is 23.6 Å². The Bertz CT molecular complexity index is 857. The summed E-state index contributed by atoms with van der Waals surface area (Å²) in [6.07, 6.45) is 1.65. The van der Waals surface area contributed by atoms with Crippen molar-refractivity contribution in [2.75, 3.05) is 10.4 Å². The first-order valence-corrected chi connectivity index (χ1v) is 8.53. The predicted molar refractivity (Wildman–Crippen MR) is 94.6 cm³/mol. The fraction of sp³-hybridized carbons (Fsp3) is 0.188. The number of hydrazine groups is 2. The van der Waals surface area contributed by atoms with Crippen molar-refractivity contribution < 1.29 is 4.42 Å². The number of halogens is 1. The largest absolute Gasteiger partial charge is 0.444 e. The minimum Gasteiger partial charge on any atom is -0.444 e. The molecular weight excluding hydrogens is 332 g/mol. The molecule has 0 bridgehead atoms. The topological polar surface area (TPSA) is 53.3 Å². The molecular formula is C16H15ClN4OS. The molecule has 0 unspecified atom stereocenters. The van der Waals surface area contributed by atoms with Gasteiger partial charge in [0.1, 0.15) is 12.0 Å². The number of oxazole rings is 1. The van der Waals surface area contributed by atoms with Gasteiger partial charge in [-0.25, -0.2) is 4.98 Å². The zero-order chi connectivity index (χ0) is 16.0. The van der Waals surface area contributed by atoms with E-state index in [0.29, 0.717) is 17.0 Å². The van der Waals surface area contributed by atoms with Crippen LogP contribution >= 0.6 is 22.9 Å². The normalized spacial score (nSPS) is 13.5. The average molecular weight is 347 g/mol. The zero-order valence-electron chi connectivity index (χ0n) is 12.6. The van der Waals surface area contributed by atoms with Crippen LogP contribution < -0.4 is 16.0 Å². The molecule has 0 spiro atoms. The van der Waals surface area contributed by atoms with Crippen molar-refractivity contribution >= 4 is 34.3 Å². The number of benzene rings is 1. The SMILES string of the molecule is CC(C)N1NNc2cc(-c3nc(-c4sccc4Cl)co3)ccc21. The van der Waals surface area contributed by atoms with Gasteiger partial charge in [-0.3, -0.25) is 5.01 Å². The van der Waals surface area contributed by atoms with Gasteiger partial charge in [-0.1, -0.05) is 11.6 Å². The van der Waals surface area contributed by atoms with Gasteiger partial charge < -0.3 is 9.84 Å². The fourth-order valence-electron chi connectivity index (χ4n) is 2.55. The summed E-state index contributed by atoms with van der Waals surface area (Å²) in [5, 5.41) is 4.71. The van der Waals surface area contributed by atoms with Crippen LogP contribution in [0.1, 0.15) is 13.8 Å². The third kappa shape index (κ3) is 2.49. The molecule has 3 heterocycles. The number of thiophene rings is 1. The minimum atomic E-state index is 0.351. The molecule has 23 heavy (non-hydrogen) atoms. The molecule has 7 heteroatoms. The number of hydrogen-bond donors (Lipinski definition) is 2. The Morgan fingerprint density at radius 3 is 2.91 bits per heavy atom. The lowest BCUT2D eigenvalue weighted by molar-refractivity contribution is 0.575. The number of fused-ring (bicyclic) bond motifs is 1. The van der Waals surface area contributed by atoms with E-state index in [1.165, 1.54) is 0 Å². The van der Waals surface area contributed by atoms with E-state index in [2.05, 4.69) is 40.9 Å². The van der Waals surface area contributed by atoms with Crippen molar-refractivity contribution in [3.63, 3.8) is 0 Å². The maximum Gasteiger partial charge on any atom is 0.226 e. The molecule has 1 aliphatic heterocycles. The highest BCUT2D eigenvalue weighted by Gasteiger charge is 2.22. The number of aromatic nitrogens is 1. The van der Waals surface area contributed by atoms with Crippen molar-refractivity contribution in [1.82, 2.24) is 10.5 Å². The molecule has 0 saturated carbocycles. The predicted octanol–water partition coefficient (Wildman–Crippen LogP) is 4.78. The molecule has 118 valence electrons. The van der Waals surface area contributed by atoms with E-state index in [4.69, 9.17) is 16.0 Å². The second-order valence-electron chi connectivity index (χ2n) is 5.57. The lowest BCUT2D eigenvalue weighted by atomic mass is 10.1. The standard InChI is InChI=1S/C16H15ClN4OS/c1-9(2)21-14-4-3-10(7-12(14)19-20-21)16-18-13(8-22-16)15-11(17)5-6-23-15/h3-9,19-20H,1-2H3. The molecule has 3 aromatic rings. The summed E-state index contributed by atoms with van der Waals surface area (Å²) >= 11 is 7.71. The minimum absolute atomic E-state index is 0.351. The smallest absolute Gasteiger partial charge is 0.226 e. The summed E-state index contributed by atoms with van der Waals surface area (Å²) in [7, 11) is 0. The van der Waals surface area contributed by atoms with Gasteiger partial charge in [-0.15, -0.1) is 16.9 Å². The van der Waals surface area contributed by atoms with Crippen molar-refractivity contribution in [2.45, 2.75) is 19.9 Å². The van der Waals surface area contributed by atoms with Gasteiger partial charge in [0, 0.05) is 11.6 Å². The Labute approximate surface area is 142 Å². The summed E-state index contributed by atoms with van der Waals surface area (Å²) in [6, 6.07) is 8.30. The summed E-state index contributed by atoms with van der Waals surface area (Å²) in [5.74, 6) is 0.581. The fourth-order valence-corrected chi connectivity index (χ4v) is 3.66. The number of nitrogens with one attached hydrogen (secondary N) is 2. The molecule has 1 aromatic carbocycles. The van der Waals surface area contributed by atoms with Gasteiger partial charge >= 0.3 is 0 Å². The van der Waals surface area contributed by atoms with Crippen LogP contribution in [0, 0.1) is 0 Å². The molecule has 0 aliphatic carbocycles. The van der Waals surface area contributed by atoms with Crippen molar-refractivity contribution in [2.24, 2.45) is 0 Å². The Morgan fingerprint density at radius 2 is 2.17 bits per heavy atom. The lowest BCUT2D eigenvalue weighted by Gasteiger charge is -2.21. The zero-order valence-corrected chi connectivity index (χ0v) is 14.2. The van der Waals surface area contributed by atoms with Crippen LogP contribution in [0.25, 0.3) is 22.0 Å². The molecule has 0 fully saturated rings. The monoisotopic (exact) mass is 346 g/mol. The first kappa shape index (κ1) is 14.6. The highest BCUT2D eigenvalue weighted by Crippen LogP contribution is 2.37. The van der Waals surface area contributed by atoms with Crippen molar-refractivity contribution in [1.29, 1.82) is 0 Å². The van der Waals surface area contributed by atoms with Crippen LogP contribution in [0.2, 0.25) is 5.02 Å². The number of hydrogen-bond acceptors (Lipinski definition) is 6. The van der Waals surface area contributed by atoms with Gasteiger partial charge in [0.2, 0.25) is 5.89 Å². The van der Waals surface area contributed by atoms with E-state index in [-0.39, 0.29) is 0 Å². The average Bonchev–Trinajstić information content (AvgIpc) is 3.24. The highest BCUT2D eigenvalue weighted by molar-refractivity contribution is 7.14. The van der Waals surface area contributed by atoms with Crippen LogP contribution in [-0.2, 0) is 0 Å². The number of anilines is 2. The molecule has 4 rings (SSSR count). The van der Waals surface area contributed by atoms with Crippen LogP contribution in [0.5, 0.6) is 0 Å². The van der Waals surface area contributed by atoms with Crippen LogP contribution in [0.15, 0.2) is 40.3 Å². The van der Waals surface area contributed by atoms with Gasteiger partial charge in [-0.05, 0) is 43.5 Å². The first-order chi connectivity index (χ1) is 11.1.